The molecule has 264 valence electrons. The van der Waals surface area contributed by atoms with Crippen LogP contribution >= 0.6 is 0 Å². The fourth-order valence-corrected chi connectivity index (χ4v) is 17.2. The fraction of sp³-hybridized carbons (Fsp3) is 0.0182. The van der Waals surface area contributed by atoms with Crippen LogP contribution in [0.15, 0.2) is 212 Å². The molecule has 0 unspecified atom stereocenters. The predicted octanol–water partition coefficient (Wildman–Crippen LogP) is 10.8. The summed E-state index contributed by atoms with van der Waals surface area (Å²) in [5.74, 6) is 0. The number of hydrogen-bond acceptors (Lipinski definition) is 1. The van der Waals surface area contributed by atoms with E-state index in [4.69, 9.17) is 0 Å². The molecule has 0 fully saturated rings. The number of para-hydroxylation sites is 1. The van der Waals surface area contributed by atoms with Crippen LogP contribution in [0.5, 0.6) is 0 Å². The molecular weight excluding hydrogens is 703 g/mol. The smallest absolute Gasteiger partial charge is 0.182 e. The van der Waals surface area contributed by atoms with E-state index in [2.05, 4.69) is 217 Å². The first-order valence-electron chi connectivity index (χ1n) is 20.0. The van der Waals surface area contributed by atoms with Crippen LogP contribution in [0.25, 0.3) is 44.5 Å². The normalized spacial score (nSPS) is 14.9. The Morgan fingerprint density at radius 2 is 0.772 bits per heavy atom. The molecular formula is C55H35NSi. The highest BCUT2D eigenvalue weighted by Crippen LogP contribution is 2.65. The van der Waals surface area contributed by atoms with Gasteiger partial charge in [0, 0.05) is 11.3 Å². The summed E-state index contributed by atoms with van der Waals surface area (Å²) < 4.78 is 0. The van der Waals surface area contributed by atoms with Crippen LogP contribution < -0.4 is 25.6 Å². The summed E-state index contributed by atoms with van der Waals surface area (Å²) in [5, 5.41) is 5.98. The zero-order valence-corrected chi connectivity index (χ0v) is 32.2. The number of anilines is 3. The zero-order valence-electron chi connectivity index (χ0n) is 31.2. The highest BCUT2D eigenvalue weighted by molar-refractivity contribution is 7.24. The summed E-state index contributed by atoms with van der Waals surface area (Å²) in [6.45, 7) is 0. The van der Waals surface area contributed by atoms with Gasteiger partial charge in [-0.05, 0) is 106 Å². The van der Waals surface area contributed by atoms with E-state index >= 15 is 0 Å². The van der Waals surface area contributed by atoms with E-state index in [0.29, 0.717) is 0 Å². The third-order valence-corrected chi connectivity index (χ3v) is 18.4. The third kappa shape index (κ3) is 3.74. The Morgan fingerprint density at radius 3 is 1.39 bits per heavy atom. The third-order valence-electron chi connectivity index (χ3n) is 13.5. The number of hydrogen-bond donors (Lipinski definition) is 0. The lowest BCUT2D eigenvalue weighted by Gasteiger charge is -2.46. The van der Waals surface area contributed by atoms with E-state index in [-0.39, 0.29) is 0 Å². The van der Waals surface area contributed by atoms with Gasteiger partial charge in [0.1, 0.15) is 0 Å². The fourth-order valence-electron chi connectivity index (χ4n) is 11.5. The van der Waals surface area contributed by atoms with Crippen molar-refractivity contribution in [3.63, 3.8) is 0 Å². The van der Waals surface area contributed by atoms with Crippen molar-refractivity contribution < 1.29 is 0 Å². The van der Waals surface area contributed by atoms with Crippen LogP contribution in [0, 0.1) is 0 Å². The summed E-state index contributed by atoms with van der Waals surface area (Å²) in [6.07, 6.45) is 0. The minimum Gasteiger partial charge on any atom is -0.310 e. The average molecular weight is 738 g/mol. The molecule has 3 heterocycles. The Bertz CT molecular complexity index is 3050. The molecule has 13 rings (SSSR count). The number of benzene rings is 9. The average Bonchev–Trinajstić information content (AvgIpc) is 3.87. The summed E-state index contributed by atoms with van der Waals surface area (Å²) in [6, 6.07) is 80.6. The quantitative estimate of drug-likeness (QED) is 0.160. The molecule has 9 aromatic carbocycles. The standard InChI is InChI=1S/C55H35NSi/c1-2-17-36(18-3-1)38-24-16-29-49-54(38)55(45-25-9-4-19-39(45)40-20-5-10-26-46(40)55)47-27-11-12-28-48(47)56(49)37-33-34-44-43-23-8-15-32-52(43)57(53(44)35-37)50-30-13-6-21-41(50)42-22-7-14-31-51(42)57/h1-35H. The molecule has 0 N–H and O–H groups in total. The molecule has 0 saturated heterocycles. The highest BCUT2D eigenvalue weighted by Gasteiger charge is 2.55. The van der Waals surface area contributed by atoms with Crippen LogP contribution in [0.2, 0.25) is 0 Å². The Labute approximate surface area is 333 Å². The first kappa shape index (κ1) is 31.2. The van der Waals surface area contributed by atoms with Crippen LogP contribution in [-0.4, -0.2) is 8.07 Å². The van der Waals surface area contributed by atoms with Crippen molar-refractivity contribution in [2.75, 3.05) is 4.90 Å². The molecule has 2 heteroatoms. The Balaban J connectivity index is 1.15. The minimum atomic E-state index is -2.65. The minimum absolute atomic E-state index is 0.520. The summed E-state index contributed by atoms with van der Waals surface area (Å²) in [5.41, 5.74) is 19.1. The predicted molar refractivity (Wildman–Crippen MR) is 239 cm³/mol. The molecule has 2 spiro atoms. The lowest BCUT2D eigenvalue weighted by atomic mass is 9.63. The van der Waals surface area contributed by atoms with Crippen molar-refractivity contribution in [3.05, 3.63) is 235 Å². The van der Waals surface area contributed by atoms with Gasteiger partial charge in [0.25, 0.3) is 0 Å². The van der Waals surface area contributed by atoms with Crippen LogP contribution in [-0.2, 0) is 5.41 Å². The van der Waals surface area contributed by atoms with Gasteiger partial charge in [-0.2, -0.15) is 0 Å². The van der Waals surface area contributed by atoms with E-state index in [0.717, 1.165) is 0 Å². The molecule has 0 atom stereocenters. The van der Waals surface area contributed by atoms with Crippen molar-refractivity contribution in [1.29, 1.82) is 0 Å². The highest BCUT2D eigenvalue weighted by atomic mass is 28.3. The lowest BCUT2D eigenvalue weighted by Crippen LogP contribution is -2.70. The van der Waals surface area contributed by atoms with Gasteiger partial charge in [-0.25, -0.2) is 0 Å². The van der Waals surface area contributed by atoms with Crippen molar-refractivity contribution >= 4 is 45.9 Å². The Kier molecular flexibility index (Phi) is 6.18. The molecule has 0 saturated carbocycles. The van der Waals surface area contributed by atoms with Gasteiger partial charge in [0.05, 0.1) is 16.8 Å². The molecule has 1 nitrogen and oxygen atoms in total. The number of nitrogens with zero attached hydrogens (tertiary/aromatic N) is 1. The van der Waals surface area contributed by atoms with E-state index in [9.17, 15) is 0 Å². The van der Waals surface area contributed by atoms with Crippen LogP contribution in [0.3, 0.4) is 0 Å². The van der Waals surface area contributed by atoms with Gasteiger partial charge in [-0.1, -0.05) is 188 Å². The monoisotopic (exact) mass is 737 g/mol. The second-order valence-electron chi connectivity index (χ2n) is 15.9. The summed E-state index contributed by atoms with van der Waals surface area (Å²) >= 11 is 0. The van der Waals surface area contributed by atoms with Crippen molar-refractivity contribution in [1.82, 2.24) is 0 Å². The SMILES string of the molecule is c1ccc(-c2cccc3c2C2(c4ccccc4-c4ccccc42)c2ccccc2N3c2ccc3c(c2)[Si]2(c4ccccc4-c4ccccc42)c2ccccc2-3)cc1. The maximum absolute atomic E-state index is 2.65. The first-order valence-corrected chi connectivity index (χ1v) is 22.0. The first-order chi connectivity index (χ1) is 28.3. The molecule has 3 aliphatic heterocycles. The van der Waals surface area contributed by atoms with E-state index in [1.165, 1.54) is 105 Å². The van der Waals surface area contributed by atoms with Gasteiger partial charge in [0.2, 0.25) is 0 Å². The number of fused-ring (bicyclic) bond motifs is 19. The Morgan fingerprint density at radius 1 is 0.316 bits per heavy atom. The van der Waals surface area contributed by atoms with Crippen LogP contribution in [0.4, 0.5) is 17.1 Å². The molecule has 1 aliphatic carbocycles. The van der Waals surface area contributed by atoms with Gasteiger partial charge in [-0.15, -0.1) is 0 Å². The Hall–Kier alpha value is -7.00. The van der Waals surface area contributed by atoms with Crippen molar-refractivity contribution in [2.45, 2.75) is 5.41 Å². The topological polar surface area (TPSA) is 3.24 Å². The zero-order chi connectivity index (χ0) is 37.3. The summed E-state index contributed by atoms with van der Waals surface area (Å²) in [4.78, 5) is 2.59. The van der Waals surface area contributed by atoms with E-state index < -0.39 is 13.5 Å². The number of rotatable bonds is 2. The van der Waals surface area contributed by atoms with Gasteiger partial charge >= 0.3 is 0 Å². The molecule has 0 radical (unpaired) electrons. The van der Waals surface area contributed by atoms with Crippen molar-refractivity contribution in [3.8, 4) is 44.5 Å². The molecule has 57 heavy (non-hydrogen) atoms. The molecule has 9 aromatic rings. The van der Waals surface area contributed by atoms with E-state index in [1.54, 1.807) is 0 Å². The second kappa shape index (κ2) is 11.3. The van der Waals surface area contributed by atoms with Gasteiger partial charge < -0.3 is 4.90 Å². The molecule has 0 amide bonds. The van der Waals surface area contributed by atoms with E-state index in [1.807, 2.05) is 0 Å². The maximum Gasteiger partial charge on any atom is 0.182 e. The molecule has 0 aromatic heterocycles. The van der Waals surface area contributed by atoms with Crippen molar-refractivity contribution in [2.24, 2.45) is 0 Å². The van der Waals surface area contributed by atoms with Crippen LogP contribution in [0.1, 0.15) is 22.3 Å². The molecule has 4 aliphatic rings. The molecule has 0 bridgehead atoms. The lowest BCUT2D eigenvalue weighted by molar-refractivity contribution is 0.755. The largest absolute Gasteiger partial charge is 0.310 e. The van der Waals surface area contributed by atoms with Gasteiger partial charge in [0.15, 0.2) is 8.07 Å². The summed E-state index contributed by atoms with van der Waals surface area (Å²) in [7, 11) is -2.65. The second-order valence-corrected chi connectivity index (χ2v) is 19.5. The van der Waals surface area contributed by atoms with Gasteiger partial charge in [-0.3, -0.25) is 0 Å². The maximum atomic E-state index is 2.59.